The van der Waals surface area contributed by atoms with Crippen molar-refractivity contribution in [3.05, 3.63) is 59.1 Å². The summed E-state index contributed by atoms with van der Waals surface area (Å²) < 4.78 is 1.70. The number of nitrogens with zero attached hydrogens (tertiary/aromatic N) is 4. The van der Waals surface area contributed by atoms with E-state index in [1.165, 1.54) is 6.92 Å². The minimum atomic E-state index is -0.232. The molecule has 152 valence electrons. The Morgan fingerprint density at radius 1 is 1.17 bits per heavy atom. The molecule has 0 saturated carbocycles. The summed E-state index contributed by atoms with van der Waals surface area (Å²) in [6.07, 6.45) is 0. The van der Waals surface area contributed by atoms with Crippen LogP contribution in [-0.4, -0.2) is 33.6 Å². The van der Waals surface area contributed by atoms with Gasteiger partial charge < -0.3 is 10.2 Å². The van der Waals surface area contributed by atoms with Gasteiger partial charge in [-0.3, -0.25) is 14.3 Å². The van der Waals surface area contributed by atoms with Crippen LogP contribution in [0.1, 0.15) is 23.0 Å². The van der Waals surface area contributed by atoms with Crippen molar-refractivity contribution in [1.29, 1.82) is 0 Å². The van der Waals surface area contributed by atoms with Crippen molar-refractivity contribution >= 4 is 45.6 Å². The van der Waals surface area contributed by atoms with E-state index in [-0.39, 0.29) is 11.8 Å². The lowest BCUT2D eigenvalue weighted by Gasteiger charge is -2.15. The Labute approximate surface area is 178 Å². The Bertz CT molecular complexity index is 1240. The quantitative estimate of drug-likeness (QED) is 0.537. The van der Waals surface area contributed by atoms with Crippen molar-refractivity contribution < 1.29 is 9.59 Å². The summed E-state index contributed by atoms with van der Waals surface area (Å²) in [4.78, 5) is 32.0. The zero-order valence-corrected chi connectivity index (χ0v) is 17.9. The smallest absolute Gasteiger partial charge is 0.256 e. The maximum Gasteiger partial charge on any atom is 0.256 e. The molecule has 2 amide bonds. The number of pyridine rings is 1. The van der Waals surface area contributed by atoms with Crippen LogP contribution in [0.15, 0.2) is 47.8 Å². The second-order valence-electron chi connectivity index (χ2n) is 7.02. The van der Waals surface area contributed by atoms with Crippen LogP contribution in [0.2, 0.25) is 0 Å². The highest BCUT2D eigenvalue weighted by atomic mass is 32.1. The number of thiophene rings is 1. The van der Waals surface area contributed by atoms with Crippen LogP contribution in [0.5, 0.6) is 0 Å². The normalized spacial score (nSPS) is 10.9. The molecule has 0 fully saturated rings. The first-order valence-electron chi connectivity index (χ1n) is 9.39. The molecule has 0 aliphatic carbocycles. The lowest BCUT2D eigenvalue weighted by atomic mass is 10.1. The van der Waals surface area contributed by atoms with Gasteiger partial charge >= 0.3 is 0 Å². The summed E-state index contributed by atoms with van der Waals surface area (Å²) in [6.45, 7) is 3.38. The lowest BCUT2D eigenvalue weighted by molar-refractivity contribution is -0.116. The summed E-state index contributed by atoms with van der Waals surface area (Å²) in [6, 6.07) is 12.9. The molecule has 0 bridgehead atoms. The Morgan fingerprint density at radius 3 is 2.53 bits per heavy atom. The molecule has 0 unspecified atom stereocenters. The number of hydrogen-bond donors (Lipinski definition) is 1. The minimum absolute atomic E-state index is 0.0564. The first-order valence-corrected chi connectivity index (χ1v) is 10.3. The Kier molecular flexibility index (Phi) is 5.09. The Balaban J connectivity index is 1.71. The molecule has 0 aliphatic rings. The molecule has 30 heavy (non-hydrogen) atoms. The number of amides is 2. The first-order chi connectivity index (χ1) is 14.3. The fourth-order valence-electron chi connectivity index (χ4n) is 3.32. The van der Waals surface area contributed by atoms with E-state index in [2.05, 4.69) is 10.4 Å². The summed E-state index contributed by atoms with van der Waals surface area (Å²) in [5.74, 6) is -0.289. The van der Waals surface area contributed by atoms with E-state index in [0.29, 0.717) is 16.9 Å². The van der Waals surface area contributed by atoms with Crippen molar-refractivity contribution in [1.82, 2.24) is 14.8 Å². The summed E-state index contributed by atoms with van der Waals surface area (Å²) in [7, 11) is 3.54. The molecular formula is C22H21N5O2S. The predicted octanol–water partition coefficient (Wildman–Crippen LogP) is 4.24. The van der Waals surface area contributed by atoms with Gasteiger partial charge in [-0.1, -0.05) is 6.07 Å². The zero-order chi connectivity index (χ0) is 21.4. The highest BCUT2D eigenvalue weighted by molar-refractivity contribution is 7.13. The maximum atomic E-state index is 13.2. The molecule has 3 aromatic heterocycles. The average molecular weight is 420 g/mol. The van der Waals surface area contributed by atoms with E-state index in [4.69, 9.17) is 4.98 Å². The molecule has 0 atom stereocenters. The van der Waals surface area contributed by atoms with E-state index in [0.717, 1.165) is 27.3 Å². The van der Waals surface area contributed by atoms with E-state index in [1.807, 2.05) is 37.6 Å². The molecule has 4 rings (SSSR count). The second-order valence-corrected chi connectivity index (χ2v) is 7.97. The third kappa shape index (κ3) is 3.57. The van der Waals surface area contributed by atoms with E-state index in [9.17, 15) is 9.59 Å². The van der Waals surface area contributed by atoms with Crippen molar-refractivity contribution in [2.75, 3.05) is 17.3 Å². The standard InChI is InChI=1S/C22H21N5O2S/c1-13-20-17(12-18(19-6-5-11-30-19)24-21(20)27(4)25-13)22(29)23-15-7-9-16(10-8-15)26(3)14(2)28/h5-12H,1-4H3,(H,23,29). The van der Waals surface area contributed by atoms with Crippen LogP contribution in [-0.2, 0) is 11.8 Å². The molecule has 0 aliphatic heterocycles. The van der Waals surface area contributed by atoms with Crippen LogP contribution in [0, 0.1) is 6.92 Å². The van der Waals surface area contributed by atoms with Crippen LogP contribution >= 0.6 is 11.3 Å². The number of anilines is 2. The van der Waals surface area contributed by atoms with E-state index in [1.54, 1.807) is 52.2 Å². The highest BCUT2D eigenvalue weighted by Gasteiger charge is 2.20. The van der Waals surface area contributed by atoms with Gasteiger partial charge in [0.05, 0.1) is 27.2 Å². The molecule has 3 heterocycles. The molecular weight excluding hydrogens is 398 g/mol. The van der Waals surface area contributed by atoms with Gasteiger partial charge in [0, 0.05) is 32.4 Å². The number of fused-ring (bicyclic) bond motifs is 1. The highest BCUT2D eigenvalue weighted by Crippen LogP contribution is 2.30. The molecule has 8 heteroatoms. The van der Waals surface area contributed by atoms with Gasteiger partial charge in [0.1, 0.15) is 0 Å². The molecule has 7 nitrogen and oxygen atoms in total. The Morgan fingerprint density at radius 2 is 1.90 bits per heavy atom. The SMILES string of the molecule is CC(=O)N(C)c1ccc(NC(=O)c2cc(-c3cccs3)nc3c2c(C)nn3C)cc1. The van der Waals surface area contributed by atoms with Crippen molar-refractivity contribution in [3.63, 3.8) is 0 Å². The fourth-order valence-corrected chi connectivity index (χ4v) is 4.01. The van der Waals surface area contributed by atoms with Crippen LogP contribution in [0.25, 0.3) is 21.6 Å². The molecule has 1 aromatic carbocycles. The van der Waals surface area contributed by atoms with Gasteiger partial charge in [0.2, 0.25) is 5.91 Å². The van der Waals surface area contributed by atoms with Gasteiger partial charge in [0.25, 0.3) is 5.91 Å². The number of hydrogen-bond acceptors (Lipinski definition) is 5. The van der Waals surface area contributed by atoms with Crippen molar-refractivity contribution in [2.45, 2.75) is 13.8 Å². The third-order valence-electron chi connectivity index (χ3n) is 4.97. The third-order valence-corrected chi connectivity index (χ3v) is 5.86. The monoisotopic (exact) mass is 419 g/mol. The maximum absolute atomic E-state index is 13.2. The molecule has 0 saturated heterocycles. The number of carbonyl (C=O) groups is 2. The van der Waals surface area contributed by atoms with E-state index >= 15 is 0 Å². The number of rotatable bonds is 4. The number of benzene rings is 1. The Hall–Kier alpha value is -3.52. The van der Waals surface area contributed by atoms with Gasteiger partial charge in [0.15, 0.2) is 5.65 Å². The lowest BCUT2D eigenvalue weighted by Crippen LogP contribution is -2.22. The molecule has 0 spiro atoms. The van der Waals surface area contributed by atoms with Crippen LogP contribution < -0.4 is 10.2 Å². The topological polar surface area (TPSA) is 80.1 Å². The molecule has 1 N–H and O–H groups in total. The predicted molar refractivity (Wildman–Crippen MR) is 120 cm³/mol. The number of aryl methyl sites for hydroxylation is 2. The van der Waals surface area contributed by atoms with Crippen molar-refractivity contribution in [2.24, 2.45) is 7.05 Å². The fraction of sp³-hybridized carbons (Fsp3) is 0.182. The van der Waals surface area contributed by atoms with Crippen molar-refractivity contribution in [3.8, 4) is 10.6 Å². The van der Waals surface area contributed by atoms with Gasteiger partial charge in [-0.05, 0) is 48.7 Å². The van der Waals surface area contributed by atoms with Gasteiger partial charge in [-0.15, -0.1) is 11.3 Å². The van der Waals surface area contributed by atoms with Gasteiger partial charge in [-0.25, -0.2) is 4.98 Å². The number of carbonyl (C=O) groups excluding carboxylic acids is 2. The first kappa shape index (κ1) is 19.8. The van der Waals surface area contributed by atoms with E-state index < -0.39 is 0 Å². The second kappa shape index (κ2) is 7.72. The summed E-state index contributed by atoms with van der Waals surface area (Å²) >= 11 is 1.57. The molecule has 4 aromatic rings. The zero-order valence-electron chi connectivity index (χ0n) is 17.1. The number of nitrogens with one attached hydrogen (secondary N) is 1. The number of aromatic nitrogens is 3. The van der Waals surface area contributed by atoms with Gasteiger partial charge in [-0.2, -0.15) is 5.10 Å². The van der Waals surface area contributed by atoms with Crippen LogP contribution in [0.3, 0.4) is 0 Å². The summed E-state index contributed by atoms with van der Waals surface area (Å²) in [5, 5.41) is 10.1. The largest absolute Gasteiger partial charge is 0.322 e. The average Bonchev–Trinajstić information content (AvgIpc) is 3.36. The minimum Gasteiger partial charge on any atom is -0.322 e. The summed E-state index contributed by atoms with van der Waals surface area (Å²) in [5.41, 5.74) is 4.09. The van der Waals surface area contributed by atoms with Crippen LogP contribution in [0.4, 0.5) is 11.4 Å². The molecule has 0 radical (unpaired) electrons.